The highest BCUT2D eigenvalue weighted by Gasteiger charge is 2.34. The molecule has 0 spiro atoms. The van der Waals surface area contributed by atoms with Crippen molar-refractivity contribution in [1.29, 1.82) is 0 Å². The van der Waals surface area contributed by atoms with Gasteiger partial charge in [-0.2, -0.15) is 0 Å². The minimum atomic E-state index is -0.729. The largest absolute Gasteiger partial charge is 0.348 e. The predicted octanol–water partition coefficient (Wildman–Crippen LogP) is 2.36. The topological polar surface area (TPSA) is 95.9 Å². The van der Waals surface area contributed by atoms with Crippen molar-refractivity contribution >= 4 is 27.8 Å². The van der Waals surface area contributed by atoms with Crippen LogP contribution < -0.4 is 10.9 Å². The van der Waals surface area contributed by atoms with Gasteiger partial charge in [0.25, 0.3) is 11.5 Å². The van der Waals surface area contributed by atoms with E-state index < -0.39 is 17.2 Å². The Bertz CT molecular complexity index is 1450. The first-order chi connectivity index (χ1) is 16.0. The van der Waals surface area contributed by atoms with Crippen LogP contribution in [-0.2, 0) is 0 Å². The fourth-order valence-electron chi connectivity index (χ4n) is 5.00. The Labute approximate surface area is 186 Å². The van der Waals surface area contributed by atoms with E-state index in [-0.39, 0.29) is 33.9 Å². The number of carbonyl (C=O) groups excluding carboxylic acids is 1. The van der Waals surface area contributed by atoms with E-state index in [2.05, 4.69) is 25.5 Å². The molecule has 5 heterocycles. The Balaban J connectivity index is 1.31. The lowest BCUT2D eigenvalue weighted by molar-refractivity contribution is 0.0620. The minimum Gasteiger partial charge on any atom is -0.348 e. The van der Waals surface area contributed by atoms with Crippen LogP contribution in [0.2, 0.25) is 0 Å². The first-order valence-electron chi connectivity index (χ1n) is 10.9. The number of benzene rings is 2. The van der Waals surface area contributed by atoms with Crippen LogP contribution >= 0.6 is 0 Å². The first-order valence-corrected chi connectivity index (χ1v) is 10.9. The van der Waals surface area contributed by atoms with Gasteiger partial charge < -0.3 is 10.2 Å². The van der Waals surface area contributed by atoms with Crippen molar-refractivity contribution in [3.05, 3.63) is 63.9 Å². The van der Waals surface area contributed by atoms with Crippen molar-refractivity contribution in [3.63, 3.8) is 0 Å². The summed E-state index contributed by atoms with van der Waals surface area (Å²) in [5, 5.41) is 13.3. The summed E-state index contributed by atoms with van der Waals surface area (Å²) in [4.78, 5) is 28.0. The van der Waals surface area contributed by atoms with Crippen LogP contribution in [0.1, 0.15) is 23.2 Å². The molecule has 33 heavy (non-hydrogen) atoms. The summed E-state index contributed by atoms with van der Waals surface area (Å²) in [7, 11) is 0. The van der Waals surface area contributed by atoms with Gasteiger partial charge in [-0.3, -0.25) is 14.7 Å². The fraction of sp³-hybridized carbons (Fsp3) is 0.304. The Hall–Kier alpha value is -3.66. The van der Waals surface area contributed by atoms with Crippen molar-refractivity contribution in [2.24, 2.45) is 5.92 Å². The molecule has 7 rings (SSSR count). The van der Waals surface area contributed by atoms with E-state index in [1.165, 1.54) is 4.68 Å². The van der Waals surface area contributed by atoms with Gasteiger partial charge in [-0.1, -0.05) is 0 Å². The maximum absolute atomic E-state index is 14.4. The highest BCUT2D eigenvalue weighted by Crippen LogP contribution is 2.28. The van der Waals surface area contributed by atoms with Gasteiger partial charge in [-0.25, -0.2) is 13.5 Å². The van der Waals surface area contributed by atoms with Crippen molar-refractivity contribution < 1.29 is 13.6 Å². The summed E-state index contributed by atoms with van der Waals surface area (Å²) in [5.74, 6) is -1.07. The number of halogens is 2. The Kier molecular flexibility index (Phi) is 4.51. The summed E-state index contributed by atoms with van der Waals surface area (Å²) < 4.78 is 29.6. The van der Waals surface area contributed by atoms with E-state index in [0.717, 1.165) is 44.6 Å². The first kappa shape index (κ1) is 20.0. The zero-order chi connectivity index (χ0) is 22.7. The lowest BCUT2D eigenvalue weighted by atomic mass is 9.84. The maximum atomic E-state index is 14.4. The highest BCUT2D eigenvalue weighted by atomic mass is 19.1. The number of piperidine rings is 3. The second-order valence-corrected chi connectivity index (χ2v) is 8.69. The van der Waals surface area contributed by atoms with Crippen LogP contribution in [0, 0.1) is 17.6 Å². The molecule has 3 fully saturated rings. The molecule has 0 radical (unpaired) electrons. The molecule has 10 heteroatoms. The molecular weight excluding hydrogens is 430 g/mol. The SMILES string of the molecule is O=C(N[C@H]1CN2CCC1CC2)c1ccc(-n2[nH]c3c(nnc4c(F)ccc(F)c43)c2=O)cc1. The second kappa shape index (κ2) is 7.45. The summed E-state index contributed by atoms with van der Waals surface area (Å²) in [6.07, 6.45) is 2.21. The third-order valence-corrected chi connectivity index (χ3v) is 6.80. The van der Waals surface area contributed by atoms with Crippen molar-refractivity contribution in [2.45, 2.75) is 18.9 Å². The number of nitrogens with one attached hydrogen (secondary N) is 2. The van der Waals surface area contributed by atoms with Crippen LogP contribution in [-0.4, -0.2) is 56.5 Å². The Morgan fingerprint density at radius 1 is 1.00 bits per heavy atom. The quantitative estimate of drug-likeness (QED) is 0.500. The van der Waals surface area contributed by atoms with Gasteiger partial charge in [0, 0.05) is 18.2 Å². The average Bonchev–Trinajstić information content (AvgIpc) is 3.18. The number of aromatic amines is 1. The van der Waals surface area contributed by atoms with E-state index in [9.17, 15) is 18.4 Å². The van der Waals surface area contributed by atoms with E-state index >= 15 is 0 Å². The number of amides is 1. The van der Waals surface area contributed by atoms with Crippen LogP contribution in [0.4, 0.5) is 8.78 Å². The summed E-state index contributed by atoms with van der Waals surface area (Å²) in [6, 6.07) is 8.60. The number of H-pyrrole nitrogens is 1. The van der Waals surface area contributed by atoms with Gasteiger partial charge in [0.2, 0.25) is 0 Å². The van der Waals surface area contributed by atoms with Crippen molar-refractivity contribution in [2.75, 3.05) is 19.6 Å². The van der Waals surface area contributed by atoms with Crippen LogP contribution in [0.5, 0.6) is 0 Å². The number of rotatable bonds is 3. The van der Waals surface area contributed by atoms with Gasteiger partial charge in [0.15, 0.2) is 11.3 Å². The molecule has 2 aromatic carbocycles. The third kappa shape index (κ3) is 3.20. The van der Waals surface area contributed by atoms with E-state index in [1.807, 2.05) is 0 Å². The summed E-state index contributed by atoms with van der Waals surface area (Å²) in [5.41, 5.74) is 0.0746. The van der Waals surface area contributed by atoms with Gasteiger partial charge in [-0.15, -0.1) is 10.2 Å². The average molecular weight is 450 g/mol. The monoisotopic (exact) mass is 450 g/mol. The van der Waals surface area contributed by atoms with E-state index in [1.54, 1.807) is 24.3 Å². The maximum Gasteiger partial charge on any atom is 0.299 e. The smallest absolute Gasteiger partial charge is 0.299 e. The molecule has 0 aliphatic carbocycles. The third-order valence-electron chi connectivity index (χ3n) is 6.80. The molecule has 4 aromatic rings. The molecule has 3 aliphatic rings. The van der Waals surface area contributed by atoms with Gasteiger partial charge >= 0.3 is 0 Å². The van der Waals surface area contributed by atoms with E-state index in [0.29, 0.717) is 17.2 Å². The number of carbonyl (C=O) groups is 1. The molecule has 1 amide bonds. The molecular formula is C23H20F2N6O2. The molecule has 0 saturated carbocycles. The highest BCUT2D eigenvalue weighted by molar-refractivity contribution is 6.01. The number of aromatic nitrogens is 4. The summed E-state index contributed by atoms with van der Waals surface area (Å²) >= 11 is 0. The number of hydrogen-bond donors (Lipinski definition) is 2. The normalized spacial score (nSPS) is 22.2. The standard InChI is InChI=1S/C23H20F2N6O2/c24-15-5-6-16(25)19-18(15)20-21(28-27-19)23(33)31(29-20)14-3-1-13(2-4-14)22(32)26-17-11-30-9-7-12(17)8-10-30/h1-6,12,17,29H,7-11H2,(H,26,32)/t17-/m0/s1. The molecule has 8 nitrogen and oxygen atoms in total. The van der Waals surface area contributed by atoms with Crippen LogP contribution in [0.15, 0.2) is 41.2 Å². The molecule has 2 aromatic heterocycles. The predicted molar refractivity (Wildman–Crippen MR) is 117 cm³/mol. The Morgan fingerprint density at radius 2 is 1.70 bits per heavy atom. The van der Waals surface area contributed by atoms with Crippen LogP contribution in [0.3, 0.4) is 0 Å². The molecule has 2 N–H and O–H groups in total. The molecule has 3 saturated heterocycles. The fourth-order valence-corrected chi connectivity index (χ4v) is 5.00. The number of hydrogen-bond acceptors (Lipinski definition) is 5. The summed E-state index contributed by atoms with van der Waals surface area (Å²) in [6.45, 7) is 3.08. The van der Waals surface area contributed by atoms with Crippen molar-refractivity contribution in [3.8, 4) is 5.69 Å². The molecule has 1 atom stereocenters. The molecule has 2 bridgehead atoms. The van der Waals surface area contributed by atoms with E-state index in [4.69, 9.17) is 0 Å². The van der Waals surface area contributed by atoms with Gasteiger partial charge in [-0.05, 0) is 68.2 Å². The van der Waals surface area contributed by atoms with Gasteiger partial charge in [0.1, 0.15) is 16.9 Å². The number of fused-ring (bicyclic) bond motifs is 6. The lowest BCUT2D eigenvalue weighted by Gasteiger charge is -2.44. The number of nitrogens with zero attached hydrogens (tertiary/aromatic N) is 4. The second-order valence-electron chi connectivity index (χ2n) is 8.69. The lowest BCUT2D eigenvalue weighted by Crippen LogP contribution is -2.57. The molecule has 0 unspecified atom stereocenters. The van der Waals surface area contributed by atoms with Crippen molar-refractivity contribution in [1.82, 2.24) is 30.2 Å². The Morgan fingerprint density at radius 3 is 2.39 bits per heavy atom. The zero-order valence-electron chi connectivity index (χ0n) is 17.5. The molecule has 168 valence electrons. The van der Waals surface area contributed by atoms with Gasteiger partial charge in [0.05, 0.1) is 11.1 Å². The van der Waals surface area contributed by atoms with Crippen LogP contribution in [0.25, 0.3) is 27.6 Å². The molecule has 3 aliphatic heterocycles. The minimum absolute atomic E-state index is 0.0613. The zero-order valence-corrected chi connectivity index (χ0v) is 17.5.